The van der Waals surface area contributed by atoms with Crippen molar-refractivity contribution in [3.05, 3.63) is 87.4 Å². The number of phenolic OH excluding ortho intramolecular Hbond substituents is 1. The number of hydrogen-bond acceptors (Lipinski definition) is 5. The quantitative estimate of drug-likeness (QED) is 0.232. The average molecular weight is 516 g/mol. The molecule has 0 saturated carbocycles. The van der Waals surface area contributed by atoms with Gasteiger partial charge in [0, 0.05) is 20.7 Å². The maximum Gasteiger partial charge on any atom is 0.329 e. The standard InChI is InChI=1S/C22H16BrClN4O4/c23-14-5-10-19(29)13(11-14)12-25-28-22(32)21(31)27-18-4-2-1-3-17(18)20(30)26-16-8-6-15(24)7-9-16/h1-12,29H,(H,26,30)(H,27,31)(H,28,32). The predicted octanol–water partition coefficient (Wildman–Crippen LogP) is 4.15. The van der Waals surface area contributed by atoms with E-state index in [1.54, 1.807) is 48.5 Å². The number of carbonyl (C=O) groups is 3. The molecule has 0 bridgehead atoms. The molecule has 4 N–H and O–H groups in total. The zero-order valence-electron chi connectivity index (χ0n) is 16.3. The van der Waals surface area contributed by atoms with Gasteiger partial charge in [-0.25, -0.2) is 5.43 Å². The van der Waals surface area contributed by atoms with Crippen molar-refractivity contribution in [3.63, 3.8) is 0 Å². The van der Waals surface area contributed by atoms with Crippen LogP contribution in [-0.2, 0) is 9.59 Å². The maximum absolute atomic E-state index is 12.6. The molecular weight excluding hydrogens is 500 g/mol. The lowest BCUT2D eigenvalue weighted by Gasteiger charge is -2.11. The Morgan fingerprint density at radius 1 is 0.938 bits per heavy atom. The molecule has 10 heteroatoms. The summed E-state index contributed by atoms with van der Waals surface area (Å²) in [7, 11) is 0. The minimum Gasteiger partial charge on any atom is -0.507 e. The molecule has 3 aromatic rings. The summed E-state index contributed by atoms with van der Waals surface area (Å²) >= 11 is 9.10. The fourth-order valence-electron chi connectivity index (χ4n) is 2.54. The van der Waals surface area contributed by atoms with Crippen LogP contribution in [0.15, 0.2) is 76.3 Å². The van der Waals surface area contributed by atoms with Crippen LogP contribution in [0.4, 0.5) is 11.4 Å². The molecule has 0 saturated heterocycles. The second-order valence-corrected chi connectivity index (χ2v) is 7.72. The number of phenols is 1. The molecule has 32 heavy (non-hydrogen) atoms. The van der Waals surface area contributed by atoms with E-state index < -0.39 is 17.7 Å². The van der Waals surface area contributed by atoms with E-state index in [1.807, 2.05) is 0 Å². The van der Waals surface area contributed by atoms with Gasteiger partial charge >= 0.3 is 11.8 Å². The number of rotatable bonds is 5. The number of para-hydroxylation sites is 1. The summed E-state index contributed by atoms with van der Waals surface area (Å²) in [6, 6.07) is 17.4. The molecule has 3 amide bonds. The highest BCUT2D eigenvalue weighted by Crippen LogP contribution is 2.20. The first-order chi connectivity index (χ1) is 15.3. The number of amides is 3. The number of benzene rings is 3. The van der Waals surface area contributed by atoms with Crippen LogP contribution < -0.4 is 16.1 Å². The van der Waals surface area contributed by atoms with Crippen LogP contribution >= 0.6 is 27.5 Å². The molecule has 3 rings (SSSR count). The monoisotopic (exact) mass is 514 g/mol. The number of hydrogen-bond donors (Lipinski definition) is 4. The van der Waals surface area contributed by atoms with Crippen molar-refractivity contribution in [1.82, 2.24) is 5.43 Å². The van der Waals surface area contributed by atoms with Crippen LogP contribution in [-0.4, -0.2) is 29.0 Å². The molecule has 162 valence electrons. The van der Waals surface area contributed by atoms with Crippen molar-refractivity contribution < 1.29 is 19.5 Å². The first-order valence-corrected chi connectivity index (χ1v) is 10.3. The minimum absolute atomic E-state index is 0.0451. The third kappa shape index (κ3) is 6.16. The molecule has 0 aromatic heterocycles. The number of anilines is 2. The molecule has 0 spiro atoms. The van der Waals surface area contributed by atoms with Crippen LogP contribution in [0.3, 0.4) is 0 Å². The molecule has 0 aliphatic heterocycles. The molecule has 3 aromatic carbocycles. The number of carbonyl (C=O) groups excluding carboxylic acids is 3. The maximum atomic E-state index is 12.6. The van der Waals surface area contributed by atoms with Gasteiger partial charge in [-0.3, -0.25) is 14.4 Å². The third-order valence-electron chi connectivity index (χ3n) is 4.09. The summed E-state index contributed by atoms with van der Waals surface area (Å²) in [6.07, 6.45) is 1.19. The van der Waals surface area contributed by atoms with Crippen molar-refractivity contribution in [2.45, 2.75) is 0 Å². The Morgan fingerprint density at radius 3 is 2.41 bits per heavy atom. The highest BCUT2D eigenvalue weighted by atomic mass is 79.9. The molecule has 0 atom stereocenters. The first-order valence-electron chi connectivity index (χ1n) is 9.12. The lowest BCUT2D eigenvalue weighted by molar-refractivity contribution is -0.136. The molecule has 0 radical (unpaired) electrons. The number of hydrazone groups is 1. The van der Waals surface area contributed by atoms with E-state index in [-0.39, 0.29) is 17.0 Å². The highest BCUT2D eigenvalue weighted by Gasteiger charge is 2.18. The van der Waals surface area contributed by atoms with Crippen LogP contribution in [0.1, 0.15) is 15.9 Å². The Bertz CT molecular complexity index is 1200. The normalized spacial score (nSPS) is 10.6. The zero-order valence-corrected chi connectivity index (χ0v) is 18.6. The van der Waals surface area contributed by atoms with Gasteiger partial charge in [0.05, 0.1) is 17.5 Å². The second-order valence-electron chi connectivity index (χ2n) is 6.36. The topological polar surface area (TPSA) is 120 Å². The summed E-state index contributed by atoms with van der Waals surface area (Å²) < 4.78 is 0.703. The van der Waals surface area contributed by atoms with Gasteiger partial charge in [0.2, 0.25) is 0 Å². The van der Waals surface area contributed by atoms with Crippen molar-refractivity contribution in [2.75, 3.05) is 10.6 Å². The fourth-order valence-corrected chi connectivity index (χ4v) is 3.05. The third-order valence-corrected chi connectivity index (χ3v) is 4.83. The van der Waals surface area contributed by atoms with Crippen molar-refractivity contribution in [2.24, 2.45) is 5.10 Å². The van der Waals surface area contributed by atoms with E-state index >= 15 is 0 Å². The highest BCUT2D eigenvalue weighted by molar-refractivity contribution is 9.10. The molecule has 0 aliphatic rings. The SMILES string of the molecule is O=C(NN=Cc1cc(Br)ccc1O)C(=O)Nc1ccccc1C(=O)Nc1ccc(Cl)cc1. The number of aromatic hydroxyl groups is 1. The Balaban J connectivity index is 1.65. The Morgan fingerprint density at radius 2 is 1.66 bits per heavy atom. The molecule has 0 unspecified atom stereocenters. The van der Waals surface area contributed by atoms with Gasteiger partial charge in [-0.2, -0.15) is 5.10 Å². The molecular formula is C22H16BrClN4O4. The summed E-state index contributed by atoms with van der Waals surface area (Å²) in [6.45, 7) is 0. The fraction of sp³-hybridized carbons (Fsp3) is 0. The van der Waals surface area contributed by atoms with Crippen molar-refractivity contribution in [3.8, 4) is 5.75 Å². The van der Waals surface area contributed by atoms with Gasteiger partial charge in [-0.15, -0.1) is 0 Å². The summed E-state index contributed by atoms with van der Waals surface area (Å²) in [5.41, 5.74) is 3.23. The number of nitrogens with one attached hydrogen (secondary N) is 3. The zero-order chi connectivity index (χ0) is 23.1. The van der Waals surface area contributed by atoms with Gasteiger partial charge in [0.1, 0.15) is 5.75 Å². The van der Waals surface area contributed by atoms with Crippen LogP contribution in [0, 0.1) is 0 Å². The van der Waals surface area contributed by atoms with Crippen molar-refractivity contribution >= 4 is 62.8 Å². The second kappa shape index (κ2) is 10.6. The smallest absolute Gasteiger partial charge is 0.329 e. The molecule has 0 heterocycles. The van der Waals surface area contributed by atoms with Gasteiger partial charge in [0.25, 0.3) is 5.91 Å². The molecule has 0 aliphatic carbocycles. The Hall–Kier alpha value is -3.69. The van der Waals surface area contributed by atoms with Gasteiger partial charge in [-0.05, 0) is 54.6 Å². The van der Waals surface area contributed by atoms with E-state index in [0.717, 1.165) is 0 Å². The van der Waals surface area contributed by atoms with Crippen LogP contribution in [0.5, 0.6) is 5.75 Å². The Labute approximate surface area is 196 Å². The summed E-state index contributed by atoms with van der Waals surface area (Å²) in [4.78, 5) is 36.9. The first kappa shape index (κ1) is 23.0. The molecule has 8 nitrogen and oxygen atoms in total. The Kier molecular flexibility index (Phi) is 7.58. The van der Waals surface area contributed by atoms with E-state index in [2.05, 4.69) is 37.1 Å². The minimum atomic E-state index is -1.05. The summed E-state index contributed by atoms with van der Waals surface area (Å²) in [5.74, 6) is -2.60. The predicted molar refractivity (Wildman–Crippen MR) is 126 cm³/mol. The van der Waals surface area contributed by atoms with E-state index in [9.17, 15) is 19.5 Å². The van der Waals surface area contributed by atoms with E-state index in [4.69, 9.17) is 11.6 Å². The van der Waals surface area contributed by atoms with Gasteiger partial charge < -0.3 is 15.7 Å². The van der Waals surface area contributed by atoms with Gasteiger partial charge in [0.15, 0.2) is 0 Å². The van der Waals surface area contributed by atoms with E-state index in [0.29, 0.717) is 20.7 Å². The van der Waals surface area contributed by atoms with E-state index in [1.165, 1.54) is 24.4 Å². The van der Waals surface area contributed by atoms with Crippen LogP contribution in [0.25, 0.3) is 0 Å². The number of halogens is 2. The lowest BCUT2D eigenvalue weighted by Crippen LogP contribution is -2.33. The van der Waals surface area contributed by atoms with Crippen LogP contribution in [0.2, 0.25) is 5.02 Å². The van der Waals surface area contributed by atoms with Crippen molar-refractivity contribution in [1.29, 1.82) is 0 Å². The summed E-state index contributed by atoms with van der Waals surface area (Å²) in [5, 5.41) is 19.0. The number of nitrogens with zero attached hydrogens (tertiary/aromatic N) is 1. The lowest BCUT2D eigenvalue weighted by atomic mass is 10.1. The largest absolute Gasteiger partial charge is 0.507 e. The van der Waals surface area contributed by atoms with Gasteiger partial charge in [-0.1, -0.05) is 39.7 Å². The average Bonchev–Trinajstić information content (AvgIpc) is 2.78. The molecule has 0 fully saturated rings.